The molecule has 0 aliphatic carbocycles. The van der Waals surface area contributed by atoms with E-state index in [4.69, 9.17) is 0 Å². The van der Waals surface area contributed by atoms with Crippen molar-refractivity contribution in [2.24, 2.45) is 0 Å². The maximum absolute atomic E-state index is 11.5. The van der Waals surface area contributed by atoms with Gasteiger partial charge < -0.3 is 10.6 Å². The largest absolute Gasteiger partial charge is 0.352 e. The number of carbonyl (C=O) groups excluding carboxylic acids is 1. The van der Waals surface area contributed by atoms with Gasteiger partial charge in [0.1, 0.15) is 0 Å². The number of benzene rings is 1. The van der Waals surface area contributed by atoms with E-state index in [1.807, 2.05) is 6.07 Å². The van der Waals surface area contributed by atoms with E-state index < -0.39 is 0 Å². The second kappa shape index (κ2) is 8.95. The van der Waals surface area contributed by atoms with Crippen LogP contribution >= 0.6 is 12.4 Å². The van der Waals surface area contributed by atoms with Gasteiger partial charge in [-0.25, -0.2) is 0 Å². The molecule has 2 rings (SSSR count). The van der Waals surface area contributed by atoms with Crippen molar-refractivity contribution in [1.82, 2.24) is 15.5 Å². The van der Waals surface area contributed by atoms with Gasteiger partial charge in [-0.3, -0.25) is 9.69 Å². The average Bonchev–Trinajstić information content (AvgIpc) is 2.42. The predicted molar refractivity (Wildman–Crippen MR) is 84.1 cm³/mol. The molecule has 2 N–H and O–H groups in total. The fourth-order valence-corrected chi connectivity index (χ4v) is 2.52. The molecule has 1 aliphatic heterocycles. The van der Waals surface area contributed by atoms with Gasteiger partial charge in [0.2, 0.25) is 5.91 Å². The van der Waals surface area contributed by atoms with Crippen LogP contribution in [0.25, 0.3) is 0 Å². The number of nitrogens with zero attached hydrogens (tertiary/aromatic N) is 1. The molecule has 1 saturated heterocycles. The lowest BCUT2D eigenvalue weighted by Gasteiger charge is -2.32. The molecular formula is C15H24ClN3O. The second-order valence-corrected chi connectivity index (χ2v) is 5.13. The number of halogens is 1. The van der Waals surface area contributed by atoms with E-state index in [0.717, 1.165) is 32.5 Å². The predicted octanol–water partition coefficient (Wildman–Crippen LogP) is 1.41. The molecule has 4 nitrogen and oxygen atoms in total. The molecule has 0 radical (unpaired) electrons. The monoisotopic (exact) mass is 297 g/mol. The summed E-state index contributed by atoms with van der Waals surface area (Å²) in [6.45, 7) is 3.53. The normalized spacial score (nSPS) is 16.4. The van der Waals surface area contributed by atoms with Crippen molar-refractivity contribution in [1.29, 1.82) is 0 Å². The van der Waals surface area contributed by atoms with Crippen LogP contribution in [0.3, 0.4) is 0 Å². The molecule has 1 aromatic rings. The van der Waals surface area contributed by atoms with Gasteiger partial charge in [0, 0.05) is 25.7 Å². The molecule has 0 spiro atoms. The second-order valence-electron chi connectivity index (χ2n) is 5.13. The molecule has 0 saturated carbocycles. The Bertz CT molecular complexity index is 391. The number of carbonyl (C=O) groups is 1. The first-order valence-corrected chi connectivity index (χ1v) is 6.98. The maximum atomic E-state index is 11.5. The summed E-state index contributed by atoms with van der Waals surface area (Å²) in [6.07, 6.45) is 2.09. The van der Waals surface area contributed by atoms with Crippen LogP contribution in [0.4, 0.5) is 0 Å². The Kier molecular flexibility index (Phi) is 7.59. The maximum Gasteiger partial charge on any atom is 0.234 e. The van der Waals surface area contributed by atoms with E-state index in [2.05, 4.69) is 39.8 Å². The molecule has 1 aliphatic rings. The van der Waals surface area contributed by atoms with Crippen molar-refractivity contribution >= 4 is 18.3 Å². The first-order valence-electron chi connectivity index (χ1n) is 6.98. The van der Waals surface area contributed by atoms with Crippen LogP contribution in [0.15, 0.2) is 30.3 Å². The average molecular weight is 298 g/mol. The fourth-order valence-electron chi connectivity index (χ4n) is 2.52. The highest BCUT2D eigenvalue weighted by molar-refractivity contribution is 5.85. The molecule has 0 atom stereocenters. The van der Waals surface area contributed by atoms with E-state index in [1.165, 1.54) is 5.56 Å². The third-order valence-corrected chi connectivity index (χ3v) is 3.54. The minimum Gasteiger partial charge on any atom is -0.352 e. The molecular weight excluding hydrogens is 274 g/mol. The summed E-state index contributed by atoms with van der Waals surface area (Å²) >= 11 is 0. The highest BCUT2D eigenvalue weighted by Crippen LogP contribution is 2.13. The Morgan fingerprint density at radius 2 is 1.90 bits per heavy atom. The topological polar surface area (TPSA) is 44.4 Å². The molecule has 1 fully saturated rings. The van der Waals surface area contributed by atoms with Gasteiger partial charge in [0.05, 0.1) is 6.54 Å². The van der Waals surface area contributed by atoms with E-state index in [-0.39, 0.29) is 18.3 Å². The number of hydrogen-bond donors (Lipinski definition) is 2. The smallest absolute Gasteiger partial charge is 0.234 e. The van der Waals surface area contributed by atoms with E-state index >= 15 is 0 Å². The zero-order valence-corrected chi connectivity index (χ0v) is 12.8. The number of likely N-dealkylation sites (N-methyl/N-ethyl adjacent to an activating group) is 1. The Morgan fingerprint density at radius 1 is 1.25 bits per heavy atom. The zero-order chi connectivity index (χ0) is 13.5. The first-order chi connectivity index (χ1) is 9.28. The summed E-state index contributed by atoms with van der Waals surface area (Å²) in [6, 6.07) is 10.9. The molecule has 5 heteroatoms. The molecule has 0 aromatic heterocycles. The lowest BCUT2D eigenvalue weighted by molar-refractivity contribution is -0.121. The standard InChI is InChI=1S/C15H23N3O.ClH/c1-16-11-15(19)17-14-7-9-18(10-8-14)12-13-5-3-2-4-6-13;/h2-6,14,16H,7-12H2,1H3,(H,17,19);1H. The first kappa shape index (κ1) is 17.0. The van der Waals surface area contributed by atoms with Gasteiger partial charge >= 0.3 is 0 Å². The van der Waals surface area contributed by atoms with Gasteiger partial charge in [0.25, 0.3) is 0 Å². The van der Waals surface area contributed by atoms with Crippen LogP contribution < -0.4 is 10.6 Å². The number of rotatable bonds is 5. The van der Waals surface area contributed by atoms with Crippen LogP contribution in [0.2, 0.25) is 0 Å². The fraction of sp³-hybridized carbons (Fsp3) is 0.533. The Morgan fingerprint density at radius 3 is 2.50 bits per heavy atom. The highest BCUT2D eigenvalue weighted by atomic mass is 35.5. The van der Waals surface area contributed by atoms with E-state index in [9.17, 15) is 4.79 Å². The molecule has 1 amide bonds. The van der Waals surface area contributed by atoms with Crippen LogP contribution in [-0.2, 0) is 11.3 Å². The molecule has 20 heavy (non-hydrogen) atoms. The summed E-state index contributed by atoms with van der Waals surface area (Å²) in [5.74, 6) is 0.101. The summed E-state index contributed by atoms with van der Waals surface area (Å²) in [7, 11) is 1.79. The van der Waals surface area contributed by atoms with Crippen LogP contribution in [0.5, 0.6) is 0 Å². The summed E-state index contributed by atoms with van der Waals surface area (Å²) in [5, 5.41) is 5.95. The summed E-state index contributed by atoms with van der Waals surface area (Å²) < 4.78 is 0. The van der Waals surface area contributed by atoms with Crippen LogP contribution in [-0.4, -0.2) is 43.5 Å². The Hall–Kier alpha value is -1.10. The third-order valence-electron chi connectivity index (χ3n) is 3.54. The van der Waals surface area contributed by atoms with Crippen LogP contribution in [0, 0.1) is 0 Å². The Balaban J connectivity index is 0.00000200. The van der Waals surface area contributed by atoms with Gasteiger partial charge in [-0.05, 0) is 25.5 Å². The third kappa shape index (κ3) is 5.49. The van der Waals surface area contributed by atoms with Gasteiger partial charge in [-0.2, -0.15) is 0 Å². The van der Waals surface area contributed by atoms with Gasteiger partial charge in [-0.15, -0.1) is 12.4 Å². The van der Waals surface area contributed by atoms with Crippen molar-refractivity contribution in [3.63, 3.8) is 0 Å². The van der Waals surface area contributed by atoms with E-state index in [0.29, 0.717) is 12.6 Å². The number of hydrogen-bond acceptors (Lipinski definition) is 3. The number of piperidine rings is 1. The zero-order valence-electron chi connectivity index (χ0n) is 12.0. The molecule has 0 bridgehead atoms. The Labute approximate surface area is 127 Å². The molecule has 1 heterocycles. The van der Waals surface area contributed by atoms with Crippen molar-refractivity contribution in [3.05, 3.63) is 35.9 Å². The molecule has 0 unspecified atom stereocenters. The number of amides is 1. The van der Waals surface area contributed by atoms with Gasteiger partial charge in [0.15, 0.2) is 0 Å². The lowest BCUT2D eigenvalue weighted by atomic mass is 10.0. The minimum atomic E-state index is 0. The van der Waals surface area contributed by atoms with E-state index in [1.54, 1.807) is 7.05 Å². The van der Waals surface area contributed by atoms with Crippen molar-refractivity contribution in [3.8, 4) is 0 Å². The summed E-state index contributed by atoms with van der Waals surface area (Å²) in [4.78, 5) is 14.0. The quantitative estimate of drug-likeness (QED) is 0.864. The van der Waals surface area contributed by atoms with Crippen molar-refractivity contribution in [2.45, 2.75) is 25.4 Å². The lowest BCUT2D eigenvalue weighted by Crippen LogP contribution is -2.46. The summed E-state index contributed by atoms with van der Waals surface area (Å²) in [5.41, 5.74) is 1.36. The highest BCUT2D eigenvalue weighted by Gasteiger charge is 2.20. The SMILES string of the molecule is CNCC(=O)NC1CCN(Cc2ccccc2)CC1.Cl. The van der Waals surface area contributed by atoms with Crippen LogP contribution in [0.1, 0.15) is 18.4 Å². The minimum absolute atomic E-state index is 0. The van der Waals surface area contributed by atoms with Crippen molar-refractivity contribution in [2.75, 3.05) is 26.7 Å². The van der Waals surface area contributed by atoms with Gasteiger partial charge in [-0.1, -0.05) is 30.3 Å². The number of likely N-dealkylation sites (tertiary alicyclic amines) is 1. The molecule has 1 aromatic carbocycles. The number of nitrogens with one attached hydrogen (secondary N) is 2. The van der Waals surface area contributed by atoms with Crippen molar-refractivity contribution < 1.29 is 4.79 Å². The molecule has 112 valence electrons.